The first-order valence-electron chi connectivity index (χ1n) is 10.7. The number of aromatic amines is 2. The molecule has 0 aliphatic rings. The molecule has 34 heavy (non-hydrogen) atoms. The van der Waals surface area contributed by atoms with Gasteiger partial charge in [-0.15, -0.1) is 0 Å². The van der Waals surface area contributed by atoms with Gasteiger partial charge in [0, 0.05) is 52.3 Å². The second-order valence-electron chi connectivity index (χ2n) is 7.84. The zero-order chi connectivity index (χ0) is 22.9. The number of hydrogen-bond donors (Lipinski definition) is 3. The van der Waals surface area contributed by atoms with Crippen LogP contribution in [0.3, 0.4) is 0 Å². The van der Waals surface area contributed by atoms with Gasteiger partial charge in [0.25, 0.3) is 0 Å². The molecule has 4 aromatic heterocycles. The number of rotatable bonds is 6. The molecule has 0 saturated heterocycles. The molecule has 0 bridgehead atoms. The smallest absolute Gasteiger partial charge is 0.185 e. The lowest BCUT2D eigenvalue weighted by atomic mass is 10.1. The van der Waals surface area contributed by atoms with Crippen LogP contribution in [0.15, 0.2) is 79.5 Å². The molecule has 0 radical (unpaired) electrons. The van der Waals surface area contributed by atoms with Gasteiger partial charge in [-0.25, -0.2) is 9.97 Å². The highest BCUT2D eigenvalue weighted by Gasteiger charge is 2.13. The topological polar surface area (TPSA) is 125 Å². The molecule has 0 atom stereocenters. The Morgan fingerprint density at radius 2 is 1.85 bits per heavy atom. The van der Waals surface area contributed by atoms with Crippen LogP contribution >= 0.6 is 0 Å². The van der Waals surface area contributed by atoms with Crippen molar-refractivity contribution in [3.63, 3.8) is 0 Å². The van der Waals surface area contributed by atoms with E-state index in [0.717, 1.165) is 33.1 Å². The molecule has 0 spiro atoms. The summed E-state index contributed by atoms with van der Waals surface area (Å²) in [6.45, 7) is 0. The zero-order valence-corrected chi connectivity index (χ0v) is 17.9. The van der Waals surface area contributed by atoms with Crippen molar-refractivity contribution in [3.05, 3.63) is 90.9 Å². The summed E-state index contributed by atoms with van der Waals surface area (Å²) in [5.74, 6) is 1.22. The third kappa shape index (κ3) is 3.86. The standard InChI is InChI=1S/C25H18N8O/c34-23(12-19-14-26-7-8-27-19)22-10-15-1-2-16(11-21(15)31-22)25-28-6-5-24(32-25)30-18-3-4-20-17(9-18)13-29-33-20/h1-11,13-14,31H,12H2,(H,29,33)(H,28,30,32). The fourth-order valence-corrected chi connectivity index (χ4v) is 3.83. The van der Waals surface area contributed by atoms with Gasteiger partial charge in [0.2, 0.25) is 0 Å². The average Bonchev–Trinajstić information content (AvgIpc) is 3.51. The van der Waals surface area contributed by atoms with Crippen LogP contribution in [0, 0.1) is 0 Å². The van der Waals surface area contributed by atoms with Crippen LogP contribution in [0.2, 0.25) is 0 Å². The van der Waals surface area contributed by atoms with Crippen molar-refractivity contribution in [3.8, 4) is 11.4 Å². The molecule has 6 rings (SSSR count). The van der Waals surface area contributed by atoms with Crippen LogP contribution < -0.4 is 5.32 Å². The van der Waals surface area contributed by atoms with Gasteiger partial charge in [-0.2, -0.15) is 5.10 Å². The minimum atomic E-state index is -0.0460. The fraction of sp³-hybridized carbons (Fsp3) is 0.0400. The summed E-state index contributed by atoms with van der Waals surface area (Å²) in [6.07, 6.45) is 8.46. The number of fused-ring (bicyclic) bond motifs is 2. The molecule has 9 heteroatoms. The number of nitrogens with zero attached hydrogens (tertiary/aromatic N) is 5. The van der Waals surface area contributed by atoms with Crippen LogP contribution in [0.25, 0.3) is 33.2 Å². The van der Waals surface area contributed by atoms with Gasteiger partial charge in [0.1, 0.15) is 5.82 Å². The molecule has 164 valence electrons. The Kier molecular flexibility index (Phi) is 4.77. The Hall–Kier alpha value is -4.92. The number of anilines is 2. The quantitative estimate of drug-likeness (QED) is 0.323. The normalized spacial score (nSPS) is 11.2. The lowest BCUT2D eigenvalue weighted by Gasteiger charge is -2.07. The zero-order valence-electron chi connectivity index (χ0n) is 17.9. The van der Waals surface area contributed by atoms with Crippen LogP contribution in [0.4, 0.5) is 11.5 Å². The molecule has 0 saturated carbocycles. The Morgan fingerprint density at radius 3 is 2.76 bits per heavy atom. The van der Waals surface area contributed by atoms with Gasteiger partial charge >= 0.3 is 0 Å². The summed E-state index contributed by atoms with van der Waals surface area (Å²) in [5.41, 5.74) is 4.73. The van der Waals surface area contributed by atoms with Crippen molar-refractivity contribution in [1.82, 2.24) is 35.1 Å². The van der Waals surface area contributed by atoms with Crippen molar-refractivity contribution < 1.29 is 4.79 Å². The lowest BCUT2D eigenvalue weighted by Crippen LogP contribution is -2.05. The van der Waals surface area contributed by atoms with E-state index in [4.69, 9.17) is 0 Å². The summed E-state index contributed by atoms with van der Waals surface area (Å²) < 4.78 is 0. The minimum absolute atomic E-state index is 0.0460. The maximum atomic E-state index is 12.7. The first kappa shape index (κ1) is 19.7. The van der Waals surface area contributed by atoms with E-state index in [-0.39, 0.29) is 12.2 Å². The van der Waals surface area contributed by atoms with E-state index < -0.39 is 0 Å². The molecular formula is C25H18N8O. The second kappa shape index (κ2) is 8.21. The van der Waals surface area contributed by atoms with Gasteiger partial charge in [-0.05, 0) is 36.4 Å². The van der Waals surface area contributed by atoms with Crippen molar-refractivity contribution in [2.45, 2.75) is 6.42 Å². The monoisotopic (exact) mass is 446 g/mol. The Balaban J connectivity index is 1.25. The average molecular weight is 446 g/mol. The second-order valence-corrected chi connectivity index (χ2v) is 7.84. The van der Waals surface area contributed by atoms with E-state index in [0.29, 0.717) is 23.0 Å². The van der Waals surface area contributed by atoms with Crippen molar-refractivity contribution >= 4 is 39.1 Å². The van der Waals surface area contributed by atoms with Crippen LogP contribution in [0.5, 0.6) is 0 Å². The van der Waals surface area contributed by atoms with E-state index >= 15 is 0 Å². The highest BCUT2D eigenvalue weighted by molar-refractivity contribution is 6.00. The summed E-state index contributed by atoms with van der Waals surface area (Å²) in [4.78, 5) is 33.2. The predicted molar refractivity (Wildman–Crippen MR) is 129 cm³/mol. The molecule has 9 nitrogen and oxygen atoms in total. The van der Waals surface area contributed by atoms with Gasteiger partial charge in [0.15, 0.2) is 11.6 Å². The van der Waals surface area contributed by atoms with E-state index in [1.807, 2.05) is 48.5 Å². The molecule has 2 aromatic carbocycles. The summed E-state index contributed by atoms with van der Waals surface area (Å²) in [6, 6.07) is 15.5. The number of H-pyrrole nitrogens is 2. The molecule has 0 aliphatic heterocycles. The molecule has 0 fully saturated rings. The number of aromatic nitrogens is 7. The maximum absolute atomic E-state index is 12.7. The van der Waals surface area contributed by atoms with Crippen molar-refractivity contribution in [2.75, 3.05) is 5.32 Å². The van der Waals surface area contributed by atoms with Crippen molar-refractivity contribution in [2.24, 2.45) is 0 Å². The molecule has 0 aliphatic carbocycles. The molecule has 0 amide bonds. The number of carbonyl (C=O) groups excluding carboxylic acids is 1. The fourth-order valence-electron chi connectivity index (χ4n) is 3.83. The molecule has 6 aromatic rings. The third-order valence-corrected chi connectivity index (χ3v) is 5.51. The third-order valence-electron chi connectivity index (χ3n) is 5.51. The molecular weight excluding hydrogens is 428 g/mol. The number of nitrogens with one attached hydrogen (secondary N) is 3. The first-order valence-corrected chi connectivity index (χ1v) is 10.7. The SMILES string of the molecule is O=C(Cc1cnccn1)c1cc2ccc(-c3nccc(Nc4ccc5[nH]ncc5c4)n3)cc2[nH]1. The van der Waals surface area contributed by atoms with Crippen LogP contribution in [0.1, 0.15) is 16.2 Å². The van der Waals surface area contributed by atoms with Crippen LogP contribution in [-0.2, 0) is 6.42 Å². The molecule has 0 unspecified atom stereocenters. The van der Waals surface area contributed by atoms with Gasteiger partial charge in [0.05, 0.1) is 29.5 Å². The molecule has 4 heterocycles. The number of Topliss-reactive ketones (excluding diaryl/α,β-unsaturated/α-hetero) is 1. The lowest BCUT2D eigenvalue weighted by molar-refractivity contribution is 0.0988. The van der Waals surface area contributed by atoms with Gasteiger partial charge < -0.3 is 10.3 Å². The van der Waals surface area contributed by atoms with Crippen LogP contribution in [-0.4, -0.2) is 40.9 Å². The summed E-state index contributed by atoms with van der Waals surface area (Å²) in [7, 11) is 0. The largest absolute Gasteiger partial charge is 0.352 e. The number of hydrogen-bond acceptors (Lipinski definition) is 7. The summed E-state index contributed by atoms with van der Waals surface area (Å²) in [5, 5.41) is 12.3. The van der Waals surface area contributed by atoms with Gasteiger partial charge in [-0.1, -0.05) is 12.1 Å². The van der Waals surface area contributed by atoms with E-state index in [1.165, 1.54) is 0 Å². The first-order chi connectivity index (χ1) is 16.7. The van der Waals surface area contributed by atoms with E-state index in [9.17, 15) is 4.79 Å². The Morgan fingerprint density at radius 1 is 0.882 bits per heavy atom. The minimum Gasteiger partial charge on any atom is -0.352 e. The Labute approximate surface area is 193 Å². The van der Waals surface area contributed by atoms with E-state index in [2.05, 4.69) is 40.4 Å². The number of ketones is 1. The van der Waals surface area contributed by atoms with E-state index in [1.54, 1.807) is 31.0 Å². The number of benzene rings is 2. The molecule has 3 N–H and O–H groups in total. The highest BCUT2D eigenvalue weighted by atomic mass is 16.1. The van der Waals surface area contributed by atoms with Gasteiger partial charge in [-0.3, -0.25) is 19.9 Å². The van der Waals surface area contributed by atoms with Crippen molar-refractivity contribution in [1.29, 1.82) is 0 Å². The number of carbonyl (C=O) groups is 1. The Bertz CT molecular complexity index is 1640. The predicted octanol–water partition coefficient (Wildman–Crippen LogP) is 4.46. The summed E-state index contributed by atoms with van der Waals surface area (Å²) >= 11 is 0. The highest BCUT2D eigenvalue weighted by Crippen LogP contribution is 2.25. The maximum Gasteiger partial charge on any atom is 0.185 e.